The SMILES string of the molecule is COC(=O)CCCN(C)c1ccc(C)cc1[N+](=O)[O-]. The lowest BCUT2D eigenvalue weighted by atomic mass is 10.1. The Hall–Kier alpha value is -2.11. The molecule has 0 aliphatic rings. The second kappa shape index (κ2) is 6.72. The molecule has 104 valence electrons. The Labute approximate surface area is 112 Å². The number of anilines is 1. The number of nitro groups is 1. The third-order valence-corrected chi connectivity index (χ3v) is 2.84. The summed E-state index contributed by atoms with van der Waals surface area (Å²) in [6.07, 6.45) is 0.898. The first-order valence-corrected chi connectivity index (χ1v) is 5.98. The summed E-state index contributed by atoms with van der Waals surface area (Å²) in [5.41, 5.74) is 1.49. The number of benzene rings is 1. The highest BCUT2D eigenvalue weighted by molar-refractivity contribution is 5.69. The van der Waals surface area contributed by atoms with Crippen molar-refractivity contribution in [3.8, 4) is 0 Å². The number of rotatable bonds is 6. The summed E-state index contributed by atoms with van der Waals surface area (Å²) in [5, 5.41) is 11.0. The van der Waals surface area contributed by atoms with Gasteiger partial charge in [-0.3, -0.25) is 14.9 Å². The van der Waals surface area contributed by atoms with Gasteiger partial charge in [-0.05, 0) is 25.0 Å². The van der Waals surface area contributed by atoms with Crippen molar-refractivity contribution >= 4 is 17.3 Å². The summed E-state index contributed by atoms with van der Waals surface area (Å²) in [5.74, 6) is -0.271. The average molecular weight is 266 g/mol. The second-order valence-corrected chi connectivity index (χ2v) is 4.35. The normalized spacial score (nSPS) is 10.1. The van der Waals surface area contributed by atoms with Crippen LogP contribution in [0.4, 0.5) is 11.4 Å². The van der Waals surface area contributed by atoms with Crippen LogP contribution in [-0.4, -0.2) is 31.6 Å². The number of aryl methyl sites for hydroxylation is 1. The molecule has 0 unspecified atom stereocenters. The Morgan fingerprint density at radius 3 is 2.74 bits per heavy atom. The number of hydrogen-bond acceptors (Lipinski definition) is 5. The lowest BCUT2D eigenvalue weighted by Crippen LogP contribution is -2.20. The van der Waals surface area contributed by atoms with Crippen molar-refractivity contribution in [1.82, 2.24) is 0 Å². The van der Waals surface area contributed by atoms with E-state index in [0.717, 1.165) is 5.56 Å². The molecule has 1 rings (SSSR count). The zero-order valence-corrected chi connectivity index (χ0v) is 11.4. The number of methoxy groups -OCH3 is 1. The predicted octanol–water partition coefficient (Wildman–Crippen LogP) is 2.29. The number of esters is 1. The monoisotopic (exact) mass is 266 g/mol. The zero-order chi connectivity index (χ0) is 14.4. The van der Waals surface area contributed by atoms with E-state index < -0.39 is 0 Å². The van der Waals surface area contributed by atoms with E-state index in [9.17, 15) is 14.9 Å². The van der Waals surface area contributed by atoms with Crippen molar-refractivity contribution in [2.24, 2.45) is 0 Å². The Morgan fingerprint density at radius 1 is 1.47 bits per heavy atom. The van der Waals surface area contributed by atoms with Gasteiger partial charge >= 0.3 is 5.97 Å². The van der Waals surface area contributed by atoms with Crippen molar-refractivity contribution in [2.45, 2.75) is 19.8 Å². The van der Waals surface area contributed by atoms with Crippen LogP contribution >= 0.6 is 0 Å². The fourth-order valence-electron chi connectivity index (χ4n) is 1.79. The van der Waals surface area contributed by atoms with Gasteiger partial charge in [0, 0.05) is 26.1 Å². The Morgan fingerprint density at radius 2 is 2.16 bits per heavy atom. The second-order valence-electron chi connectivity index (χ2n) is 4.35. The predicted molar refractivity (Wildman–Crippen MR) is 72.4 cm³/mol. The van der Waals surface area contributed by atoms with Gasteiger partial charge in [0.2, 0.25) is 0 Å². The highest BCUT2D eigenvalue weighted by Crippen LogP contribution is 2.28. The van der Waals surface area contributed by atoms with Crippen LogP contribution in [0.5, 0.6) is 0 Å². The third kappa shape index (κ3) is 4.24. The van der Waals surface area contributed by atoms with Crippen LogP contribution in [0, 0.1) is 17.0 Å². The minimum absolute atomic E-state index is 0.0839. The molecule has 1 aromatic carbocycles. The van der Waals surface area contributed by atoms with Crippen LogP contribution in [0.1, 0.15) is 18.4 Å². The van der Waals surface area contributed by atoms with Crippen LogP contribution < -0.4 is 4.90 Å². The zero-order valence-electron chi connectivity index (χ0n) is 11.4. The average Bonchev–Trinajstić information content (AvgIpc) is 2.38. The van der Waals surface area contributed by atoms with Crippen molar-refractivity contribution in [2.75, 3.05) is 25.6 Å². The van der Waals surface area contributed by atoms with Gasteiger partial charge < -0.3 is 9.64 Å². The molecule has 0 saturated carbocycles. The van der Waals surface area contributed by atoms with Crippen LogP contribution in [0.3, 0.4) is 0 Å². The van der Waals surface area contributed by atoms with Gasteiger partial charge in [0.25, 0.3) is 5.69 Å². The van der Waals surface area contributed by atoms with Crippen molar-refractivity contribution in [3.05, 3.63) is 33.9 Å². The highest BCUT2D eigenvalue weighted by atomic mass is 16.6. The van der Waals surface area contributed by atoms with Gasteiger partial charge in [0.05, 0.1) is 12.0 Å². The van der Waals surface area contributed by atoms with Gasteiger partial charge in [-0.15, -0.1) is 0 Å². The smallest absolute Gasteiger partial charge is 0.305 e. The van der Waals surface area contributed by atoms with E-state index >= 15 is 0 Å². The minimum Gasteiger partial charge on any atom is -0.469 e. The number of nitrogens with zero attached hydrogens (tertiary/aromatic N) is 2. The first kappa shape index (κ1) is 14.9. The summed E-state index contributed by atoms with van der Waals surface area (Å²) in [6.45, 7) is 2.37. The molecule has 0 radical (unpaired) electrons. The van der Waals surface area contributed by atoms with E-state index in [2.05, 4.69) is 4.74 Å². The fourth-order valence-corrected chi connectivity index (χ4v) is 1.79. The topological polar surface area (TPSA) is 72.7 Å². The number of nitro benzene ring substituents is 1. The molecule has 0 atom stereocenters. The Balaban J connectivity index is 2.73. The van der Waals surface area contributed by atoms with E-state index in [4.69, 9.17) is 0 Å². The molecule has 0 spiro atoms. The lowest BCUT2D eigenvalue weighted by molar-refractivity contribution is -0.384. The van der Waals surface area contributed by atoms with Crippen LogP contribution in [0.15, 0.2) is 18.2 Å². The molecule has 0 saturated heterocycles. The summed E-state index contributed by atoms with van der Waals surface area (Å²) in [4.78, 5) is 23.4. The van der Waals surface area contributed by atoms with Crippen LogP contribution in [-0.2, 0) is 9.53 Å². The summed E-state index contributed by atoms with van der Waals surface area (Å²) >= 11 is 0. The van der Waals surface area contributed by atoms with Crippen LogP contribution in [0.25, 0.3) is 0 Å². The summed E-state index contributed by atoms with van der Waals surface area (Å²) < 4.78 is 4.55. The molecule has 6 nitrogen and oxygen atoms in total. The molecular weight excluding hydrogens is 248 g/mol. The minimum atomic E-state index is -0.390. The highest BCUT2D eigenvalue weighted by Gasteiger charge is 2.17. The van der Waals surface area contributed by atoms with E-state index in [0.29, 0.717) is 25.1 Å². The van der Waals surface area contributed by atoms with E-state index in [1.165, 1.54) is 7.11 Å². The molecule has 0 fully saturated rings. The largest absolute Gasteiger partial charge is 0.469 e. The maximum absolute atomic E-state index is 11.0. The van der Waals surface area contributed by atoms with Crippen molar-refractivity contribution in [3.63, 3.8) is 0 Å². The van der Waals surface area contributed by atoms with E-state index in [-0.39, 0.29) is 16.6 Å². The van der Waals surface area contributed by atoms with Gasteiger partial charge in [0.1, 0.15) is 5.69 Å². The molecule has 19 heavy (non-hydrogen) atoms. The number of ether oxygens (including phenoxy) is 1. The van der Waals surface area contributed by atoms with Gasteiger partial charge in [0.15, 0.2) is 0 Å². The maximum Gasteiger partial charge on any atom is 0.305 e. The number of carbonyl (C=O) groups excluding carboxylic acids is 1. The standard InChI is InChI=1S/C13H18N2O4/c1-10-6-7-11(12(9-10)15(17)18)14(2)8-4-5-13(16)19-3/h6-7,9H,4-5,8H2,1-3H3. The molecule has 0 heterocycles. The summed E-state index contributed by atoms with van der Waals surface area (Å²) in [6, 6.07) is 5.11. The molecule has 0 bridgehead atoms. The number of carbonyl (C=O) groups is 1. The molecule has 0 N–H and O–H groups in total. The molecule has 0 amide bonds. The first-order valence-electron chi connectivity index (χ1n) is 5.98. The third-order valence-electron chi connectivity index (χ3n) is 2.84. The number of hydrogen-bond donors (Lipinski definition) is 0. The first-order chi connectivity index (χ1) is 8.95. The maximum atomic E-state index is 11.0. The molecule has 6 heteroatoms. The molecule has 1 aromatic rings. The van der Waals surface area contributed by atoms with Gasteiger partial charge in [-0.25, -0.2) is 0 Å². The molecule has 0 aliphatic carbocycles. The van der Waals surface area contributed by atoms with Crippen LogP contribution in [0.2, 0.25) is 0 Å². The molecule has 0 aromatic heterocycles. The Kier molecular flexibility index (Phi) is 5.29. The summed E-state index contributed by atoms with van der Waals surface area (Å²) in [7, 11) is 3.12. The molecule has 0 aliphatic heterocycles. The lowest BCUT2D eigenvalue weighted by Gasteiger charge is -2.19. The fraction of sp³-hybridized carbons (Fsp3) is 0.462. The molecular formula is C13H18N2O4. The van der Waals surface area contributed by atoms with Crippen molar-refractivity contribution in [1.29, 1.82) is 0 Å². The Bertz CT molecular complexity index is 474. The van der Waals surface area contributed by atoms with Gasteiger partial charge in [-0.2, -0.15) is 0 Å². The van der Waals surface area contributed by atoms with E-state index in [1.807, 2.05) is 13.0 Å². The van der Waals surface area contributed by atoms with Gasteiger partial charge in [-0.1, -0.05) is 6.07 Å². The quantitative estimate of drug-likeness (QED) is 0.448. The van der Waals surface area contributed by atoms with E-state index in [1.54, 1.807) is 24.1 Å². The van der Waals surface area contributed by atoms with Crippen molar-refractivity contribution < 1.29 is 14.5 Å².